The fourth-order valence-electron chi connectivity index (χ4n) is 3.47. The normalized spacial score (nSPS) is 20.7. The van der Waals surface area contributed by atoms with Gasteiger partial charge in [-0.05, 0) is 56.3 Å². The van der Waals surface area contributed by atoms with E-state index >= 15 is 0 Å². The monoisotopic (exact) mass is 288 g/mol. The van der Waals surface area contributed by atoms with Crippen LogP contribution >= 0.6 is 0 Å². The van der Waals surface area contributed by atoms with Gasteiger partial charge in [0.05, 0.1) is 6.61 Å². The van der Waals surface area contributed by atoms with E-state index in [0.717, 1.165) is 50.3 Å². The van der Waals surface area contributed by atoms with Crippen LogP contribution in [0.4, 0.5) is 0 Å². The number of benzene rings is 1. The number of ether oxygens (including phenoxy) is 1. The third-order valence-electron chi connectivity index (χ3n) is 4.84. The van der Waals surface area contributed by atoms with Gasteiger partial charge in [-0.3, -0.25) is 4.79 Å². The average Bonchev–Trinajstić information content (AvgIpc) is 2.96. The van der Waals surface area contributed by atoms with Gasteiger partial charge in [0.15, 0.2) is 0 Å². The van der Waals surface area contributed by atoms with E-state index in [1.807, 2.05) is 36.1 Å². The number of carbonyl (C=O) groups is 1. The molecule has 1 amide bonds. The van der Waals surface area contributed by atoms with Gasteiger partial charge in [-0.1, -0.05) is 6.07 Å². The molecular formula is C17H24N2O2. The van der Waals surface area contributed by atoms with Gasteiger partial charge in [0.25, 0.3) is 5.91 Å². The van der Waals surface area contributed by atoms with E-state index in [2.05, 4.69) is 5.32 Å². The predicted octanol–water partition coefficient (Wildman–Crippen LogP) is 2.30. The highest BCUT2D eigenvalue weighted by molar-refractivity contribution is 5.94. The molecule has 1 aromatic carbocycles. The lowest BCUT2D eigenvalue weighted by atomic mass is 9.78. The standard InChI is InChI=1S/C17H24N2O2/c1-2-21-15-5-3-4-14(12-15)16(20)19-10-7-17(8-11-19)6-9-18-13-17/h3-5,12,18H,2,6-11,13H2,1H3. The molecule has 3 rings (SSSR count). The predicted molar refractivity (Wildman–Crippen MR) is 82.7 cm³/mol. The lowest BCUT2D eigenvalue weighted by molar-refractivity contribution is 0.0607. The highest BCUT2D eigenvalue weighted by Crippen LogP contribution is 2.37. The van der Waals surface area contributed by atoms with Crippen LogP contribution in [0.3, 0.4) is 0 Å². The third kappa shape index (κ3) is 3.05. The Morgan fingerprint density at radius 2 is 2.14 bits per heavy atom. The Kier molecular flexibility index (Phi) is 4.15. The lowest BCUT2D eigenvalue weighted by Gasteiger charge is -2.38. The Labute approximate surface area is 126 Å². The van der Waals surface area contributed by atoms with Crippen LogP contribution in [0.1, 0.15) is 36.5 Å². The van der Waals surface area contributed by atoms with Crippen molar-refractivity contribution in [3.8, 4) is 5.75 Å². The van der Waals surface area contributed by atoms with Gasteiger partial charge in [-0.15, -0.1) is 0 Å². The van der Waals surface area contributed by atoms with Gasteiger partial charge in [0.1, 0.15) is 5.75 Å². The largest absolute Gasteiger partial charge is 0.494 e. The number of amides is 1. The van der Waals surface area contributed by atoms with Crippen LogP contribution < -0.4 is 10.1 Å². The summed E-state index contributed by atoms with van der Waals surface area (Å²) in [7, 11) is 0. The Bertz CT molecular complexity index is 499. The first kappa shape index (κ1) is 14.4. The molecule has 1 N–H and O–H groups in total. The number of carbonyl (C=O) groups excluding carboxylic acids is 1. The topological polar surface area (TPSA) is 41.6 Å². The number of nitrogens with one attached hydrogen (secondary N) is 1. The highest BCUT2D eigenvalue weighted by Gasteiger charge is 2.38. The third-order valence-corrected chi connectivity index (χ3v) is 4.84. The van der Waals surface area contributed by atoms with Crippen molar-refractivity contribution in [2.75, 3.05) is 32.8 Å². The van der Waals surface area contributed by atoms with Crippen LogP contribution in [0.25, 0.3) is 0 Å². The van der Waals surface area contributed by atoms with E-state index in [0.29, 0.717) is 12.0 Å². The zero-order valence-corrected chi connectivity index (χ0v) is 12.7. The number of rotatable bonds is 3. The summed E-state index contributed by atoms with van der Waals surface area (Å²) in [5, 5.41) is 3.46. The van der Waals surface area contributed by atoms with Crippen LogP contribution in [0, 0.1) is 5.41 Å². The van der Waals surface area contributed by atoms with Crippen LogP contribution in [-0.2, 0) is 0 Å². The molecule has 0 radical (unpaired) electrons. The maximum Gasteiger partial charge on any atom is 0.253 e. The highest BCUT2D eigenvalue weighted by atomic mass is 16.5. The van der Waals surface area contributed by atoms with Crippen LogP contribution in [0.5, 0.6) is 5.75 Å². The minimum Gasteiger partial charge on any atom is -0.494 e. The van der Waals surface area contributed by atoms with E-state index in [9.17, 15) is 4.79 Å². The Morgan fingerprint density at radius 1 is 1.33 bits per heavy atom. The van der Waals surface area contributed by atoms with Crippen molar-refractivity contribution in [1.82, 2.24) is 10.2 Å². The molecular weight excluding hydrogens is 264 g/mol. The minimum atomic E-state index is 0.136. The Hall–Kier alpha value is -1.55. The molecule has 2 aliphatic heterocycles. The van der Waals surface area contributed by atoms with Gasteiger partial charge in [0, 0.05) is 25.2 Å². The molecule has 1 aromatic rings. The van der Waals surface area contributed by atoms with E-state index in [1.165, 1.54) is 6.42 Å². The van der Waals surface area contributed by atoms with Crippen LogP contribution in [0.2, 0.25) is 0 Å². The van der Waals surface area contributed by atoms with E-state index < -0.39 is 0 Å². The van der Waals surface area contributed by atoms with Crippen LogP contribution in [0.15, 0.2) is 24.3 Å². The molecule has 4 heteroatoms. The molecule has 114 valence electrons. The van der Waals surface area contributed by atoms with Gasteiger partial charge in [-0.25, -0.2) is 0 Å². The summed E-state index contributed by atoms with van der Waals surface area (Å²) in [6.45, 7) is 6.57. The molecule has 0 unspecified atom stereocenters. The maximum absolute atomic E-state index is 12.6. The minimum absolute atomic E-state index is 0.136. The fraction of sp³-hybridized carbons (Fsp3) is 0.588. The fourth-order valence-corrected chi connectivity index (χ4v) is 3.47. The first-order valence-corrected chi connectivity index (χ1v) is 7.95. The molecule has 1 spiro atoms. The van der Waals surface area contributed by atoms with E-state index in [1.54, 1.807) is 0 Å². The van der Waals surface area contributed by atoms with Gasteiger partial charge in [-0.2, -0.15) is 0 Å². The number of piperidine rings is 1. The summed E-state index contributed by atoms with van der Waals surface area (Å²) in [5.74, 6) is 0.911. The molecule has 0 aliphatic carbocycles. The second kappa shape index (κ2) is 6.06. The first-order valence-electron chi connectivity index (χ1n) is 7.95. The average molecular weight is 288 g/mol. The Morgan fingerprint density at radius 3 is 2.81 bits per heavy atom. The number of nitrogens with zero attached hydrogens (tertiary/aromatic N) is 1. The zero-order valence-electron chi connectivity index (χ0n) is 12.7. The summed E-state index contributed by atoms with van der Waals surface area (Å²) in [6, 6.07) is 7.53. The molecule has 2 aliphatic rings. The maximum atomic E-state index is 12.6. The molecule has 4 nitrogen and oxygen atoms in total. The molecule has 0 saturated carbocycles. The van der Waals surface area contributed by atoms with Crippen molar-refractivity contribution >= 4 is 5.91 Å². The number of hydrogen-bond acceptors (Lipinski definition) is 3. The SMILES string of the molecule is CCOc1cccc(C(=O)N2CCC3(CCNC3)CC2)c1. The molecule has 2 heterocycles. The van der Waals surface area contributed by atoms with Crippen molar-refractivity contribution < 1.29 is 9.53 Å². The molecule has 21 heavy (non-hydrogen) atoms. The quantitative estimate of drug-likeness (QED) is 0.928. The van der Waals surface area contributed by atoms with Gasteiger partial charge < -0.3 is 15.0 Å². The van der Waals surface area contributed by atoms with Crippen molar-refractivity contribution in [3.63, 3.8) is 0 Å². The van der Waals surface area contributed by atoms with Crippen molar-refractivity contribution in [1.29, 1.82) is 0 Å². The van der Waals surface area contributed by atoms with E-state index in [-0.39, 0.29) is 5.91 Å². The molecule has 0 aromatic heterocycles. The number of hydrogen-bond donors (Lipinski definition) is 1. The van der Waals surface area contributed by atoms with Crippen molar-refractivity contribution in [2.45, 2.75) is 26.2 Å². The summed E-state index contributed by atoms with van der Waals surface area (Å²) < 4.78 is 5.48. The summed E-state index contributed by atoms with van der Waals surface area (Å²) in [4.78, 5) is 14.6. The molecule has 0 bridgehead atoms. The van der Waals surface area contributed by atoms with E-state index in [4.69, 9.17) is 4.74 Å². The van der Waals surface area contributed by atoms with Gasteiger partial charge >= 0.3 is 0 Å². The van der Waals surface area contributed by atoms with Crippen LogP contribution in [-0.4, -0.2) is 43.6 Å². The Balaban J connectivity index is 1.64. The summed E-state index contributed by atoms with van der Waals surface area (Å²) in [5.41, 5.74) is 1.19. The summed E-state index contributed by atoms with van der Waals surface area (Å²) >= 11 is 0. The smallest absolute Gasteiger partial charge is 0.253 e. The van der Waals surface area contributed by atoms with Crippen molar-refractivity contribution in [2.24, 2.45) is 5.41 Å². The second-order valence-corrected chi connectivity index (χ2v) is 6.18. The molecule has 2 fully saturated rings. The van der Waals surface area contributed by atoms with Gasteiger partial charge in [0.2, 0.25) is 0 Å². The summed E-state index contributed by atoms with van der Waals surface area (Å²) in [6.07, 6.45) is 3.50. The second-order valence-electron chi connectivity index (χ2n) is 6.18. The first-order chi connectivity index (χ1) is 10.2. The molecule has 2 saturated heterocycles. The lowest BCUT2D eigenvalue weighted by Crippen LogP contribution is -2.44. The molecule has 0 atom stereocenters. The van der Waals surface area contributed by atoms with Crippen molar-refractivity contribution in [3.05, 3.63) is 29.8 Å². The number of likely N-dealkylation sites (tertiary alicyclic amines) is 1. The zero-order chi connectivity index (χ0) is 14.7.